The molecule has 0 N–H and O–H groups in total. The SMILES string of the molecule is CC(C)C(=O)ON=C(CCC1CCCC(c2ccc(Sc3ccc(C(CCC4CCCCC4)=NOC(=O)C4CCCC4)cc3)cc2)C1)c1ccc(Sc2ccc(C3(CC(=NOC(=O)C4CC4)c4ccc(Sc5ccccc5)cc4)CC3)cc2)cc1. The van der Waals surface area contributed by atoms with Gasteiger partial charge in [0.25, 0.3) is 0 Å². The molecular formula is C73H81N3O6S3. The Hall–Kier alpha value is -6.21. The van der Waals surface area contributed by atoms with E-state index in [0.717, 1.165) is 138 Å². The van der Waals surface area contributed by atoms with E-state index in [1.165, 1.54) is 77.2 Å². The first-order chi connectivity index (χ1) is 41.6. The van der Waals surface area contributed by atoms with E-state index in [1.807, 2.05) is 19.9 Å². The Morgan fingerprint density at radius 1 is 0.459 bits per heavy atom. The van der Waals surface area contributed by atoms with Crippen LogP contribution in [0.3, 0.4) is 0 Å². The Bertz CT molecular complexity index is 3270. The van der Waals surface area contributed by atoms with Gasteiger partial charge in [-0.05, 0) is 195 Å². The Morgan fingerprint density at radius 2 is 0.894 bits per heavy atom. The standard InChI is InChI=1S/C73H81N3O6S3/c1-50(2)70(77)80-74-68(45-21-52-14-11-17-59(48-52)53-24-34-62(35-25-53)84-64-36-26-54(27-37-64)67(44-20-51-12-5-3-6-13-51)75-81-71(78)57-15-9-10-16-57)55-28-38-65(39-29-55)85-66-42-32-60(33-43-66)73(46-47-73)49-69(76-82-72(79)58-22-23-58)56-30-40-63(41-31-56)83-61-18-7-4-8-19-61/h4,7-8,18-19,24-43,50-52,57-59H,3,5-6,9-17,20-23,44-49H2,1-2H3. The molecule has 6 aromatic carbocycles. The topological polar surface area (TPSA) is 116 Å². The van der Waals surface area contributed by atoms with Gasteiger partial charge in [0.05, 0.1) is 34.9 Å². The van der Waals surface area contributed by atoms with Crippen LogP contribution in [0.4, 0.5) is 0 Å². The number of nitrogens with zero attached hydrogens (tertiary/aromatic N) is 3. The lowest BCUT2D eigenvalue weighted by Crippen LogP contribution is -2.16. The van der Waals surface area contributed by atoms with E-state index in [9.17, 15) is 14.4 Å². The molecule has 0 aromatic heterocycles. The Morgan fingerprint density at radius 3 is 1.41 bits per heavy atom. The van der Waals surface area contributed by atoms with Crippen molar-refractivity contribution in [3.8, 4) is 0 Å². The van der Waals surface area contributed by atoms with Crippen molar-refractivity contribution in [1.82, 2.24) is 0 Å². The van der Waals surface area contributed by atoms with Crippen molar-refractivity contribution >= 4 is 70.3 Å². The molecule has 5 fully saturated rings. The van der Waals surface area contributed by atoms with E-state index in [1.54, 1.807) is 35.3 Å². The zero-order valence-electron chi connectivity index (χ0n) is 49.5. The quantitative estimate of drug-likeness (QED) is 0.0314. The predicted molar refractivity (Wildman–Crippen MR) is 344 cm³/mol. The molecule has 442 valence electrons. The lowest BCUT2D eigenvalue weighted by Gasteiger charge is -2.29. The van der Waals surface area contributed by atoms with Gasteiger partial charge in [0.2, 0.25) is 0 Å². The van der Waals surface area contributed by atoms with Gasteiger partial charge in [-0.15, -0.1) is 0 Å². The minimum absolute atomic E-state index is 0.0146. The maximum absolute atomic E-state index is 12.8. The molecule has 12 heteroatoms. The largest absolute Gasteiger partial charge is 0.338 e. The van der Waals surface area contributed by atoms with Crippen LogP contribution in [0.15, 0.2) is 196 Å². The molecule has 85 heavy (non-hydrogen) atoms. The van der Waals surface area contributed by atoms with Gasteiger partial charge in [-0.3, -0.25) is 0 Å². The van der Waals surface area contributed by atoms with Crippen LogP contribution in [0, 0.1) is 29.6 Å². The first-order valence-corrected chi connectivity index (χ1v) is 34.0. The Kier molecular flexibility index (Phi) is 21.0. The molecule has 0 spiro atoms. The fourth-order valence-electron chi connectivity index (χ4n) is 12.5. The van der Waals surface area contributed by atoms with Gasteiger partial charge in [0, 0.05) is 41.2 Å². The zero-order valence-corrected chi connectivity index (χ0v) is 51.9. The first-order valence-electron chi connectivity index (χ1n) is 31.5. The summed E-state index contributed by atoms with van der Waals surface area (Å²) in [5.41, 5.74) is 8.07. The van der Waals surface area contributed by atoms with Crippen molar-refractivity contribution in [2.24, 2.45) is 45.1 Å². The maximum atomic E-state index is 12.8. The van der Waals surface area contributed by atoms with Crippen molar-refractivity contribution in [3.63, 3.8) is 0 Å². The van der Waals surface area contributed by atoms with E-state index in [4.69, 9.17) is 14.5 Å². The summed E-state index contributed by atoms with van der Waals surface area (Å²) in [7, 11) is 0. The normalized spacial score (nSPS) is 19.4. The third-order valence-corrected chi connectivity index (χ3v) is 21.1. The predicted octanol–water partition coefficient (Wildman–Crippen LogP) is 19.4. The molecule has 11 rings (SSSR count). The first kappa shape index (κ1) is 60.5. The van der Waals surface area contributed by atoms with Crippen LogP contribution in [0.25, 0.3) is 0 Å². The molecule has 6 aromatic rings. The molecule has 9 nitrogen and oxygen atoms in total. The van der Waals surface area contributed by atoms with Crippen molar-refractivity contribution in [3.05, 3.63) is 179 Å². The second-order valence-corrected chi connectivity index (χ2v) is 28.2. The van der Waals surface area contributed by atoms with Crippen molar-refractivity contribution in [2.75, 3.05) is 0 Å². The third-order valence-electron chi connectivity index (χ3n) is 18.1. The number of oxime groups is 3. The summed E-state index contributed by atoms with van der Waals surface area (Å²) in [6.45, 7) is 3.67. The summed E-state index contributed by atoms with van der Waals surface area (Å²) in [5, 5.41) is 13.6. The second-order valence-electron chi connectivity index (χ2n) is 24.8. The summed E-state index contributed by atoms with van der Waals surface area (Å²) in [5.74, 6) is 0.698. The van der Waals surface area contributed by atoms with Gasteiger partial charge < -0.3 is 14.5 Å². The molecule has 5 aliphatic carbocycles. The molecule has 2 atom stereocenters. The minimum atomic E-state index is -0.331. The molecule has 0 aliphatic heterocycles. The average molecular weight is 1190 g/mol. The number of rotatable bonds is 25. The number of carbonyl (C=O) groups excluding carboxylic acids is 3. The fraction of sp³-hybridized carbons (Fsp3) is 0.425. The fourth-order valence-corrected chi connectivity index (χ4v) is 15.0. The van der Waals surface area contributed by atoms with E-state index >= 15 is 0 Å². The lowest BCUT2D eigenvalue weighted by atomic mass is 9.76. The summed E-state index contributed by atoms with van der Waals surface area (Å²) < 4.78 is 0. The van der Waals surface area contributed by atoms with Crippen LogP contribution < -0.4 is 0 Å². The Balaban J connectivity index is 0.685. The van der Waals surface area contributed by atoms with Crippen LogP contribution in [0.2, 0.25) is 0 Å². The molecule has 0 bridgehead atoms. The van der Waals surface area contributed by atoms with Gasteiger partial charge in [-0.1, -0.05) is 201 Å². The van der Waals surface area contributed by atoms with Crippen LogP contribution in [-0.2, 0) is 34.3 Å². The molecular weight excluding hydrogens is 1110 g/mol. The smallest absolute Gasteiger partial charge is 0.318 e. The van der Waals surface area contributed by atoms with E-state index in [0.29, 0.717) is 18.3 Å². The summed E-state index contributed by atoms with van der Waals surface area (Å²) in [6.07, 6.45) is 23.3. The van der Waals surface area contributed by atoms with E-state index in [2.05, 4.69) is 161 Å². The van der Waals surface area contributed by atoms with Gasteiger partial charge in [-0.25, -0.2) is 14.4 Å². The highest BCUT2D eigenvalue weighted by molar-refractivity contribution is 7.99. The van der Waals surface area contributed by atoms with Crippen molar-refractivity contribution < 1.29 is 28.9 Å². The van der Waals surface area contributed by atoms with E-state index < -0.39 is 0 Å². The number of hydrogen-bond donors (Lipinski definition) is 0. The van der Waals surface area contributed by atoms with Crippen LogP contribution in [0.1, 0.15) is 189 Å². The average Bonchev–Trinajstić information content (AvgIpc) is 4.54. The Labute approximate surface area is 516 Å². The number of benzene rings is 6. The van der Waals surface area contributed by atoms with E-state index in [-0.39, 0.29) is 41.1 Å². The molecule has 0 saturated heterocycles. The van der Waals surface area contributed by atoms with Gasteiger partial charge in [0.1, 0.15) is 0 Å². The van der Waals surface area contributed by atoms with Gasteiger partial charge >= 0.3 is 17.9 Å². The van der Waals surface area contributed by atoms with Crippen molar-refractivity contribution in [2.45, 2.75) is 196 Å². The second kappa shape index (κ2) is 29.5. The van der Waals surface area contributed by atoms with Gasteiger partial charge in [0.15, 0.2) is 0 Å². The van der Waals surface area contributed by atoms with Crippen LogP contribution >= 0.6 is 35.3 Å². The summed E-state index contributed by atoms with van der Waals surface area (Å²) >= 11 is 5.22. The third kappa shape index (κ3) is 17.3. The molecule has 5 aliphatic rings. The highest BCUT2D eigenvalue weighted by Crippen LogP contribution is 2.52. The molecule has 0 heterocycles. The molecule has 0 amide bonds. The van der Waals surface area contributed by atoms with Crippen molar-refractivity contribution in [1.29, 1.82) is 0 Å². The zero-order chi connectivity index (χ0) is 58.4. The summed E-state index contributed by atoms with van der Waals surface area (Å²) in [6, 6.07) is 54.1. The molecule has 0 radical (unpaired) electrons. The molecule has 5 saturated carbocycles. The number of carbonyl (C=O) groups is 3. The van der Waals surface area contributed by atoms with Crippen LogP contribution in [0.5, 0.6) is 0 Å². The highest BCUT2D eigenvalue weighted by atomic mass is 32.2. The monoisotopic (exact) mass is 1190 g/mol. The van der Waals surface area contributed by atoms with Gasteiger partial charge in [-0.2, -0.15) is 0 Å². The molecule has 2 unspecified atom stereocenters. The highest BCUT2D eigenvalue weighted by Gasteiger charge is 2.45. The lowest BCUT2D eigenvalue weighted by molar-refractivity contribution is -0.148. The minimum Gasteiger partial charge on any atom is -0.318 e. The van der Waals surface area contributed by atoms with Crippen LogP contribution in [-0.4, -0.2) is 35.0 Å². The summed E-state index contributed by atoms with van der Waals surface area (Å²) in [4.78, 5) is 61.9. The maximum Gasteiger partial charge on any atom is 0.338 e. The number of hydrogen-bond acceptors (Lipinski definition) is 12.